The molecule has 0 aromatic carbocycles. The molecule has 0 aliphatic carbocycles. The first-order chi connectivity index (χ1) is 8.85. The quantitative estimate of drug-likeness (QED) is 0.860. The van der Waals surface area contributed by atoms with Crippen molar-refractivity contribution in [3.05, 3.63) is 11.1 Å². The summed E-state index contributed by atoms with van der Waals surface area (Å²) in [6.07, 6.45) is 1.62. The number of carbonyl (C=O) groups is 1. The SMILES string of the molecule is CC(C)(C)OC(=O)N1CCC(c2csc(N)n2)CC1. The monoisotopic (exact) mass is 283 g/mol. The average Bonchev–Trinajstić information content (AvgIpc) is 2.74. The van der Waals surface area contributed by atoms with Crippen molar-refractivity contribution >= 4 is 22.6 Å². The van der Waals surface area contributed by atoms with Crippen LogP contribution in [0.3, 0.4) is 0 Å². The van der Waals surface area contributed by atoms with Crippen molar-refractivity contribution < 1.29 is 9.53 Å². The van der Waals surface area contributed by atoms with Gasteiger partial charge in [0.25, 0.3) is 0 Å². The van der Waals surface area contributed by atoms with Crippen LogP contribution in [0, 0.1) is 0 Å². The number of anilines is 1. The molecule has 1 aliphatic heterocycles. The molecule has 2 N–H and O–H groups in total. The van der Waals surface area contributed by atoms with Crippen molar-refractivity contribution in [2.24, 2.45) is 0 Å². The first-order valence-electron chi connectivity index (χ1n) is 6.54. The molecule has 1 saturated heterocycles. The van der Waals surface area contributed by atoms with E-state index in [1.807, 2.05) is 26.2 Å². The maximum absolute atomic E-state index is 11.9. The Morgan fingerprint density at radius 3 is 2.58 bits per heavy atom. The molecule has 0 saturated carbocycles. The lowest BCUT2D eigenvalue weighted by atomic mass is 9.94. The Labute approximate surface area is 117 Å². The Bertz CT molecular complexity index is 445. The zero-order valence-corrected chi connectivity index (χ0v) is 12.5. The molecule has 2 rings (SSSR count). The van der Waals surface area contributed by atoms with E-state index in [2.05, 4.69) is 4.98 Å². The van der Waals surface area contributed by atoms with E-state index in [4.69, 9.17) is 10.5 Å². The van der Waals surface area contributed by atoms with Crippen molar-refractivity contribution in [1.29, 1.82) is 0 Å². The van der Waals surface area contributed by atoms with Gasteiger partial charge in [-0.2, -0.15) is 0 Å². The van der Waals surface area contributed by atoms with Crippen LogP contribution in [0.5, 0.6) is 0 Å². The molecular weight excluding hydrogens is 262 g/mol. The number of nitrogen functional groups attached to an aromatic ring is 1. The van der Waals surface area contributed by atoms with Gasteiger partial charge in [-0.05, 0) is 33.6 Å². The maximum atomic E-state index is 11.9. The lowest BCUT2D eigenvalue weighted by Crippen LogP contribution is -2.41. The first kappa shape index (κ1) is 14.1. The molecular formula is C13H21N3O2S. The summed E-state index contributed by atoms with van der Waals surface area (Å²) >= 11 is 1.47. The van der Waals surface area contributed by atoms with Crippen LogP contribution in [0.25, 0.3) is 0 Å². The summed E-state index contributed by atoms with van der Waals surface area (Å²) in [6.45, 7) is 7.09. The van der Waals surface area contributed by atoms with Crippen molar-refractivity contribution in [3.63, 3.8) is 0 Å². The smallest absolute Gasteiger partial charge is 0.410 e. The predicted octanol–water partition coefficient (Wildman–Crippen LogP) is 2.84. The van der Waals surface area contributed by atoms with Gasteiger partial charge in [0.05, 0.1) is 5.69 Å². The fraction of sp³-hybridized carbons (Fsp3) is 0.692. The van der Waals surface area contributed by atoms with Gasteiger partial charge >= 0.3 is 6.09 Å². The molecule has 0 spiro atoms. The molecule has 1 fully saturated rings. The number of likely N-dealkylation sites (tertiary alicyclic amines) is 1. The van der Waals surface area contributed by atoms with Crippen LogP contribution in [0.15, 0.2) is 5.38 Å². The highest BCUT2D eigenvalue weighted by atomic mass is 32.1. The molecule has 1 aromatic heterocycles. The normalized spacial score (nSPS) is 17.5. The summed E-state index contributed by atoms with van der Waals surface area (Å²) in [4.78, 5) is 18.0. The number of nitrogens with zero attached hydrogens (tertiary/aromatic N) is 2. The molecule has 5 nitrogen and oxygen atoms in total. The Morgan fingerprint density at radius 2 is 2.11 bits per heavy atom. The molecule has 19 heavy (non-hydrogen) atoms. The first-order valence-corrected chi connectivity index (χ1v) is 7.42. The van der Waals surface area contributed by atoms with E-state index in [1.165, 1.54) is 11.3 Å². The van der Waals surface area contributed by atoms with Crippen molar-refractivity contribution in [3.8, 4) is 0 Å². The van der Waals surface area contributed by atoms with Gasteiger partial charge < -0.3 is 15.4 Å². The number of amides is 1. The minimum Gasteiger partial charge on any atom is -0.444 e. The minimum atomic E-state index is -0.433. The predicted molar refractivity (Wildman–Crippen MR) is 76.3 cm³/mol. The van der Waals surface area contributed by atoms with Gasteiger partial charge in [-0.3, -0.25) is 0 Å². The van der Waals surface area contributed by atoms with E-state index in [0.717, 1.165) is 31.6 Å². The summed E-state index contributed by atoms with van der Waals surface area (Å²) in [5, 5.41) is 2.63. The van der Waals surface area contributed by atoms with Crippen LogP contribution < -0.4 is 5.73 Å². The highest BCUT2D eigenvalue weighted by Gasteiger charge is 2.28. The Kier molecular flexibility index (Phi) is 3.99. The number of aromatic nitrogens is 1. The highest BCUT2D eigenvalue weighted by Crippen LogP contribution is 2.30. The van der Waals surface area contributed by atoms with E-state index < -0.39 is 5.60 Å². The van der Waals surface area contributed by atoms with Gasteiger partial charge in [0.2, 0.25) is 0 Å². The number of piperidine rings is 1. The Hall–Kier alpha value is -1.30. The molecule has 0 atom stereocenters. The molecule has 1 amide bonds. The second-order valence-electron chi connectivity index (χ2n) is 5.85. The highest BCUT2D eigenvalue weighted by molar-refractivity contribution is 7.13. The second-order valence-corrected chi connectivity index (χ2v) is 6.74. The fourth-order valence-corrected chi connectivity index (χ4v) is 2.82. The van der Waals surface area contributed by atoms with Crippen LogP contribution in [0.1, 0.15) is 45.2 Å². The summed E-state index contributed by atoms with van der Waals surface area (Å²) in [5.74, 6) is 0.409. The van der Waals surface area contributed by atoms with Crippen molar-refractivity contribution in [2.75, 3.05) is 18.8 Å². The summed E-state index contributed by atoms with van der Waals surface area (Å²) in [6, 6.07) is 0. The largest absolute Gasteiger partial charge is 0.444 e. The summed E-state index contributed by atoms with van der Waals surface area (Å²) < 4.78 is 5.38. The second kappa shape index (κ2) is 5.36. The van der Waals surface area contributed by atoms with Crippen LogP contribution in [0.2, 0.25) is 0 Å². The van der Waals surface area contributed by atoms with Crippen molar-refractivity contribution in [1.82, 2.24) is 9.88 Å². The average molecular weight is 283 g/mol. The molecule has 106 valence electrons. The van der Waals surface area contributed by atoms with Crippen molar-refractivity contribution in [2.45, 2.75) is 45.1 Å². The minimum absolute atomic E-state index is 0.219. The van der Waals surface area contributed by atoms with Gasteiger partial charge in [0.15, 0.2) is 5.13 Å². The molecule has 2 heterocycles. The number of thiazole rings is 1. The van der Waals surface area contributed by atoms with Gasteiger partial charge in [-0.15, -0.1) is 11.3 Å². The maximum Gasteiger partial charge on any atom is 0.410 e. The molecule has 0 unspecified atom stereocenters. The van der Waals surface area contributed by atoms with Gasteiger partial charge in [-0.25, -0.2) is 9.78 Å². The van der Waals surface area contributed by atoms with Gasteiger partial charge in [-0.1, -0.05) is 0 Å². The van der Waals surface area contributed by atoms with Gasteiger partial charge in [0.1, 0.15) is 5.60 Å². The third-order valence-corrected chi connectivity index (χ3v) is 3.80. The lowest BCUT2D eigenvalue weighted by molar-refractivity contribution is 0.0204. The topological polar surface area (TPSA) is 68.5 Å². The number of hydrogen-bond acceptors (Lipinski definition) is 5. The molecule has 0 radical (unpaired) electrons. The van der Waals surface area contributed by atoms with E-state index in [1.54, 1.807) is 4.90 Å². The number of rotatable bonds is 1. The zero-order valence-electron chi connectivity index (χ0n) is 11.7. The molecule has 0 bridgehead atoms. The standard InChI is InChI=1S/C13H21N3O2S/c1-13(2,3)18-12(17)16-6-4-9(5-7-16)10-8-19-11(14)15-10/h8-9H,4-7H2,1-3H3,(H2,14,15). The molecule has 1 aliphatic rings. The Morgan fingerprint density at radius 1 is 1.47 bits per heavy atom. The Balaban J connectivity index is 1.87. The third kappa shape index (κ3) is 3.83. The third-order valence-electron chi connectivity index (χ3n) is 3.10. The number of carbonyl (C=O) groups excluding carboxylic acids is 1. The van der Waals surface area contributed by atoms with Crippen LogP contribution >= 0.6 is 11.3 Å². The van der Waals surface area contributed by atoms with E-state index in [9.17, 15) is 4.79 Å². The lowest BCUT2D eigenvalue weighted by Gasteiger charge is -2.32. The number of hydrogen-bond donors (Lipinski definition) is 1. The van der Waals surface area contributed by atoms with E-state index >= 15 is 0 Å². The number of nitrogens with two attached hydrogens (primary N) is 1. The van der Waals surface area contributed by atoms with E-state index in [-0.39, 0.29) is 6.09 Å². The van der Waals surface area contributed by atoms with Crippen LogP contribution in [-0.4, -0.2) is 34.7 Å². The molecule has 6 heteroatoms. The summed E-state index contributed by atoms with van der Waals surface area (Å²) in [7, 11) is 0. The van der Waals surface area contributed by atoms with Crippen LogP contribution in [0.4, 0.5) is 9.93 Å². The van der Waals surface area contributed by atoms with Crippen LogP contribution in [-0.2, 0) is 4.74 Å². The molecule has 1 aromatic rings. The summed E-state index contributed by atoms with van der Waals surface area (Å²) in [5.41, 5.74) is 6.28. The van der Waals surface area contributed by atoms with E-state index in [0.29, 0.717) is 11.0 Å². The fourth-order valence-electron chi connectivity index (χ4n) is 2.17. The zero-order chi connectivity index (χ0) is 14.0. The van der Waals surface area contributed by atoms with Gasteiger partial charge in [0, 0.05) is 24.4 Å². The number of ether oxygens (including phenoxy) is 1.